The van der Waals surface area contributed by atoms with Crippen LogP contribution >= 0.6 is 0 Å². The number of nitrogens with zero attached hydrogens (tertiary/aromatic N) is 1. The molecule has 9 heteroatoms. The van der Waals surface area contributed by atoms with Gasteiger partial charge in [0.1, 0.15) is 6.04 Å². The predicted octanol–water partition coefficient (Wildman–Crippen LogP) is 2.11. The smallest absolute Gasteiger partial charge is 0.255 e. The third-order valence-corrected chi connectivity index (χ3v) is 5.66. The SMILES string of the molecule is O=C1CCC(N2Cc3cc(CCC(=O)C(=O)c4ccc(F)c(F)c4)ccc3C2=O)C(=O)N1. The lowest BCUT2D eigenvalue weighted by molar-refractivity contribution is -0.136. The maximum atomic E-state index is 13.3. The number of piperidine rings is 1. The number of benzene rings is 2. The van der Waals surface area contributed by atoms with E-state index in [-0.39, 0.29) is 49.6 Å². The molecular weight excluding hydrogens is 422 g/mol. The first-order valence-corrected chi connectivity index (χ1v) is 10.0. The number of rotatable bonds is 6. The lowest BCUT2D eigenvalue weighted by Gasteiger charge is -2.29. The molecule has 3 amide bonds. The molecule has 1 atom stereocenters. The fraction of sp³-hybridized carbons (Fsp3) is 0.261. The van der Waals surface area contributed by atoms with E-state index in [1.807, 2.05) is 0 Å². The highest BCUT2D eigenvalue weighted by molar-refractivity contribution is 6.43. The fourth-order valence-corrected chi connectivity index (χ4v) is 3.95. The minimum Gasteiger partial charge on any atom is -0.322 e. The van der Waals surface area contributed by atoms with Gasteiger partial charge in [-0.05, 0) is 48.2 Å². The molecule has 1 saturated heterocycles. The van der Waals surface area contributed by atoms with Gasteiger partial charge in [0.25, 0.3) is 5.91 Å². The van der Waals surface area contributed by atoms with Crippen LogP contribution in [-0.4, -0.2) is 40.2 Å². The predicted molar refractivity (Wildman–Crippen MR) is 107 cm³/mol. The van der Waals surface area contributed by atoms with E-state index >= 15 is 0 Å². The molecule has 4 rings (SSSR count). The molecule has 7 nitrogen and oxygen atoms in total. The Labute approximate surface area is 181 Å². The van der Waals surface area contributed by atoms with E-state index in [0.717, 1.165) is 12.1 Å². The second-order valence-corrected chi connectivity index (χ2v) is 7.77. The molecule has 164 valence electrons. The largest absolute Gasteiger partial charge is 0.322 e. The van der Waals surface area contributed by atoms with Crippen molar-refractivity contribution < 1.29 is 32.8 Å². The van der Waals surface area contributed by atoms with E-state index in [2.05, 4.69) is 5.32 Å². The number of hydrogen-bond acceptors (Lipinski definition) is 5. The van der Waals surface area contributed by atoms with Crippen LogP contribution in [0.25, 0.3) is 0 Å². The third-order valence-electron chi connectivity index (χ3n) is 5.66. The molecule has 0 spiro atoms. The number of ketones is 2. The first kappa shape index (κ1) is 21.5. The third kappa shape index (κ3) is 4.05. The van der Waals surface area contributed by atoms with Gasteiger partial charge in [0, 0.05) is 30.5 Å². The number of aryl methyl sites for hydroxylation is 1. The van der Waals surface area contributed by atoms with Crippen molar-refractivity contribution in [3.63, 3.8) is 0 Å². The molecule has 1 fully saturated rings. The first-order valence-electron chi connectivity index (χ1n) is 10.0. The van der Waals surface area contributed by atoms with Gasteiger partial charge in [-0.2, -0.15) is 0 Å². The summed E-state index contributed by atoms with van der Waals surface area (Å²) in [6.07, 6.45) is 0.503. The van der Waals surface area contributed by atoms with Crippen LogP contribution in [0.5, 0.6) is 0 Å². The van der Waals surface area contributed by atoms with Crippen LogP contribution in [0.2, 0.25) is 0 Å². The molecule has 0 aromatic heterocycles. The van der Waals surface area contributed by atoms with Gasteiger partial charge in [-0.15, -0.1) is 0 Å². The van der Waals surface area contributed by atoms with Crippen LogP contribution in [0.4, 0.5) is 8.78 Å². The van der Waals surface area contributed by atoms with Crippen molar-refractivity contribution in [2.45, 2.75) is 38.3 Å². The Morgan fingerprint density at radius 3 is 2.53 bits per heavy atom. The first-order chi connectivity index (χ1) is 15.2. The zero-order valence-electron chi connectivity index (χ0n) is 16.8. The van der Waals surface area contributed by atoms with E-state index in [1.54, 1.807) is 18.2 Å². The van der Waals surface area contributed by atoms with E-state index in [1.165, 1.54) is 4.90 Å². The topological polar surface area (TPSA) is 101 Å². The summed E-state index contributed by atoms with van der Waals surface area (Å²) in [5, 5.41) is 2.24. The number of hydrogen-bond donors (Lipinski definition) is 1. The molecule has 2 heterocycles. The summed E-state index contributed by atoms with van der Waals surface area (Å²) in [5.41, 5.74) is 1.64. The Bertz CT molecular complexity index is 1180. The number of fused-ring (bicyclic) bond motifs is 1. The zero-order chi connectivity index (χ0) is 23.0. The number of amides is 3. The summed E-state index contributed by atoms with van der Waals surface area (Å²) < 4.78 is 26.3. The Morgan fingerprint density at radius 2 is 1.81 bits per heavy atom. The second kappa shape index (κ2) is 8.41. The Morgan fingerprint density at radius 1 is 1.03 bits per heavy atom. The van der Waals surface area contributed by atoms with Gasteiger partial charge in [-0.1, -0.05) is 12.1 Å². The van der Waals surface area contributed by atoms with Gasteiger partial charge in [-0.25, -0.2) is 8.78 Å². The molecule has 0 aliphatic carbocycles. The van der Waals surface area contributed by atoms with Crippen LogP contribution < -0.4 is 5.32 Å². The van der Waals surface area contributed by atoms with Crippen LogP contribution in [0, 0.1) is 11.6 Å². The lowest BCUT2D eigenvalue weighted by atomic mass is 9.99. The van der Waals surface area contributed by atoms with E-state index < -0.39 is 35.1 Å². The summed E-state index contributed by atoms with van der Waals surface area (Å²) >= 11 is 0. The molecule has 0 saturated carbocycles. The molecule has 1 N–H and O–H groups in total. The molecular formula is C23H18F2N2O5. The van der Waals surface area contributed by atoms with Crippen molar-refractivity contribution in [2.75, 3.05) is 0 Å². The van der Waals surface area contributed by atoms with Gasteiger partial charge in [0.15, 0.2) is 11.6 Å². The second-order valence-electron chi connectivity index (χ2n) is 7.77. The van der Waals surface area contributed by atoms with E-state index in [9.17, 15) is 32.8 Å². The molecule has 2 aromatic carbocycles. The maximum absolute atomic E-state index is 13.3. The molecule has 0 bridgehead atoms. The highest BCUT2D eigenvalue weighted by atomic mass is 19.2. The summed E-state index contributed by atoms with van der Waals surface area (Å²) in [4.78, 5) is 62.0. The van der Waals surface area contributed by atoms with Crippen LogP contribution in [-0.2, 0) is 27.3 Å². The van der Waals surface area contributed by atoms with E-state index in [0.29, 0.717) is 22.8 Å². The number of Topliss-reactive ketones (excluding diaryl/α,β-unsaturated/α-hetero) is 2. The molecule has 2 aliphatic rings. The minimum absolute atomic E-state index is 0.137. The van der Waals surface area contributed by atoms with Crippen molar-refractivity contribution in [3.05, 3.63) is 70.3 Å². The molecule has 1 unspecified atom stereocenters. The number of nitrogens with one attached hydrogen (secondary N) is 1. The number of halogens is 2. The van der Waals surface area contributed by atoms with Crippen LogP contribution in [0.15, 0.2) is 36.4 Å². The maximum Gasteiger partial charge on any atom is 0.255 e. The van der Waals surface area contributed by atoms with Gasteiger partial charge >= 0.3 is 0 Å². The van der Waals surface area contributed by atoms with Gasteiger partial charge in [0.2, 0.25) is 23.4 Å². The van der Waals surface area contributed by atoms with Crippen molar-refractivity contribution in [3.8, 4) is 0 Å². The highest BCUT2D eigenvalue weighted by Gasteiger charge is 2.39. The Balaban J connectivity index is 1.41. The van der Waals surface area contributed by atoms with Crippen molar-refractivity contribution in [1.29, 1.82) is 0 Å². The quantitative estimate of drug-likeness (QED) is 0.421. The van der Waals surface area contributed by atoms with Crippen LogP contribution in [0.3, 0.4) is 0 Å². The average Bonchev–Trinajstić information content (AvgIpc) is 3.09. The highest BCUT2D eigenvalue weighted by Crippen LogP contribution is 2.28. The monoisotopic (exact) mass is 440 g/mol. The minimum atomic E-state index is -1.20. The molecule has 2 aliphatic heterocycles. The normalized spacial score (nSPS) is 17.9. The lowest BCUT2D eigenvalue weighted by Crippen LogP contribution is -2.52. The zero-order valence-corrected chi connectivity index (χ0v) is 16.8. The average molecular weight is 440 g/mol. The van der Waals surface area contributed by atoms with Gasteiger partial charge in [-0.3, -0.25) is 29.3 Å². The van der Waals surface area contributed by atoms with Crippen molar-refractivity contribution in [2.24, 2.45) is 0 Å². The molecule has 32 heavy (non-hydrogen) atoms. The molecule has 0 radical (unpaired) electrons. The van der Waals surface area contributed by atoms with Gasteiger partial charge in [0.05, 0.1) is 0 Å². The fourth-order valence-electron chi connectivity index (χ4n) is 3.95. The van der Waals surface area contributed by atoms with Crippen LogP contribution in [0.1, 0.15) is 51.1 Å². The summed E-state index contributed by atoms with van der Waals surface area (Å²) in [5.74, 6) is -5.10. The Kier molecular flexibility index (Phi) is 5.65. The number of carbonyl (C=O) groups is 5. The van der Waals surface area contributed by atoms with Gasteiger partial charge < -0.3 is 4.90 Å². The van der Waals surface area contributed by atoms with E-state index in [4.69, 9.17) is 0 Å². The number of imide groups is 1. The Hall–Kier alpha value is -3.75. The molecule has 2 aromatic rings. The van der Waals surface area contributed by atoms with Crippen molar-refractivity contribution >= 4 is 29.3 Å². The summed E-state index contributed by atoms with van der Waals surface area (Å²) in [6, 6.07) is 6.85. The summed E-state index contributed by atoms with van der Waals surface area (Å²) in [7, 11) is 0. The van der Waals surface area contributed by atoms with Crippen molar-refractivity contribution in [1.82, 2.24) is 10.2 Å². The number of carbonyl (C=O) groups excluding carboxylic acids is 5. The summed E-state index contributed by atoms with van der Waals surface area (Å²) in [6.45, 7) is 0.204. The standard InChI is InChI=1S/C23H18F2N2O5/c24-16-5-3-13(10-17(16)25)21(30)19(28)7-2-12-1-4-15-14(9-12)11-27(23(15)32)18-6-8-20(29)26-22(18)31/h1,3-5,9-10,18H,2,6-8,11H2,(H,26,29,31).